The van der Waals surface area contributed by atoms with Crippen molar-refractivity contribution in [2.24, 2.45) is 0 Å². The van der Waals surface area contributed by atoms with Gasteiger partial charge in [-0.05, 0) is 67.8 Å². The summed E-state index contributed by atoms with van der Waals surface area (Å²) >= 11 is 0. The number of aliphatic hydroxyl groups is 1. The normalized spacial score (nSPS) is 21.8. The minimum absolute atomic E-state index is 0.228. The van der Waals surface area contributed by atoms with Crippen molar-refractivity contribution in [3.63, 3.8) is 0 Å². The van der Waals surface area contributed by atoms with Gasteiger partial charge in [0, 0.05) is 0 Å². The first-order chi connectivity index (χ1) is 17.1. The molecule has 0 spiro atoms. The number of benzene rings is 3. The lowest BCUT2D eigenvalue weighted by atomic mass is 9.86. The van der Waals surface area contributed by atoms with Gasteiger partial charge < -0.3 is 19.5 Å². The van der Waals surface area contributed by atoms with E-state index in [0.717, 1.165) is 35.6 Å². The number of rotatable bonds is 5. The van der Waals surface area contributed by atoms with Crippen molar-refractivity contribution in [3.8, 4) is 17.2 Å². The quantitative estimate of drug-likeness (QED) is 0.487. The molecule has 2 N–H and O–H groups in total. The van der Waals surface area contributed by atoms with Gasteiger partial charge in [0.2, 0.25) is 10.0 Å². The molecule has 5 rings (SSSR count). The van der Waals surface area contributed by atoms with E-state index in [2.05, 4.69) is 9.46 Å². The topological polar surface area (TPSA) is 88.1 Å². The highest BCUT2D eigenvalue weighted by Crippen LogP contribution is 2.49. The van der Waals surface area contributed by atoms with Crippen LogP contribution < -0.4 is 19.1 Å². The van der Waals surface area contributed by atoms with Crippen molar-refractivity contribution in [1.82, 2.24) is 4.72 Å². The molecule has 1 aliphatic carbocycles. The third kappa shape index (κ3) is 4.86. The van der Waals surface area contributed by atoms with E-state index in [9.17, 15) is 26.7 Å². The number of nitrogens with zero attached hydrogens (tertiary/aromatic N) is 1. The number of fused-ring (bicyclic) bond motifs is 2. The van der Waals surface area contributed by atoms with E-state index in [1.807, 2.05) is 53.4 Å². The number of alkyl halides is 3. The molecule has 0 aromatic heterocycles. The molecule has 0 saturated heterocycles. The lowest BCUT2D eigenvalue weighted by Crippen LogP contribution is -2.56. The lowest BCUT2D eigenvalue weighted by molar-refractivity contribution is -0.274. The Labute approximate surface area is 206 Å². The Morgan fingerprint density at radius 2 is 1.50 bits per heavy atom. The van der Waals surface area contributed by atoms with Crippen LogP contribution in [-0.4, -0.2) is 38.1 Å². The maximum atomic E-state index is 13.0. The van der Waals surface area contributed by atoms with Crippen molar-refractivity contribution in [2.75, 3.05) is 4.90 Å². The molecule has 190 valence electrons. The Morgan fingerprint density at radius 3 is 2.08 bits per heavy atom. The first-order valence-corrected chi connectivity index (χ1v) is 12.8. The number of para-hydroxylation sites is 4. The average molecular weight is 521 g/mol. The molecule has 1 aliphatic heterocycles. The summed E-state index contributed by atoms with van der Waals surface area (Å²) in [5.74, 6) is 0.739. The summed E-state index contributed by atoms with van der Waals surface area (Å²) < 4.78 is 75.6. The number of aliphatic hydroxyl groups excluding tert-OH is 1. The Bertz CT molecular complexity index is 1300. The van der Waals surface area contributed by atoms with Crippen molar-refractivity contribution < 1.29 is 36.2 Å². The third-order valence-electron chi connectivity index (χ3n) is 6.30. The van der Waals surface area contributed by atoms with Crippen LogP contribution in [0.25, 0.3) is 0 Å². The second-order valence-electron chi connectivity index (χ2n) is 8.64. The number of hydrogen-bond acceptors (Lipinski definition) is 6. The first-order valence-electron chi connectivity index (χ1n) is 11.3. The number of sulfonamides is 1. The number of hydrogen-bond donors (Lipinski definition) is 2. The molecule has 7 nitrogen and oxygen atoms in total. The van der Waals surface area contributed by atoms with Crippen LogP contribution in [0, 0.1) is 0 Å². The molecule has 1 fully saturated rings. The van der Waals surface area contributed by atoms with E-state index in [0.29, 0.717) is 30.8 Å². The first kappa shape index (κ1) is 24.4. The predicted molar refractivity (Wildman–Crippen MR) is 126 cm³/mol. The maximum absolute atomic E-state index is 13.0. The van der Waals surface area contributed by atoms with Crippen molar-refractivity contribution in [1.29, 1.82) is 0 Å². The van der Waals surface area contributed by atoms with Crippen LogP contribution in [0.4, 0.5) is 24.5 Å². The van der Waals surface area contributed by atoms with Gasteiger partial charge in [-0.25, -0.2) is 13.1 Å². The fourth-order valence-corrected chi connectivity index (χ4v) is 6.03. The summed E-state index contributed by atoms with van der Waals surface area (Å²) in [6, 6.07) is 17.6. The summed E-state index contributed by atoms with van der Waals surface area (Å²) in [6.45, 7) is 0. The molecule has 1 heterocycles. The summed E-state index contributed by atoms with van der Waals surface area (Å²) in [7, 11) is -4.12. The predicted octanol–water partition coefficient (Wildman–Crippen LogP) is 5.09. The van der Waals surface area contributed by atoms with Crippen LogP contribution >= 0.6 is 0 Å². The highest BCUT2D eigenvalue weighted by Gasteiger charge is 2.41. The standard InChI is InChI=1S/C25H23F3N2O5S/c26-25(27,28)35-16-12-14-17(15-13-16)36(32,33)29-18-6-5-9-21(24(18)31)30-19-7-1-3-10-22(19)34-23-11-4-2-8-20(23)30/h1-4,7-8,10-15,18,21,24,29,31H,5-6,9H2/t18-,21?,24+/m1/s1. The maximum Gasteiger partial charge on any atom is 0.573 e. The van der Waals surface area contributed by atoms with E-state index in [4.69, 9.17) is 4.74 Å². The van der Waals surface area contributed by atoms with Crippen LogP contribution in [-0.2, 0) is 10.0 Å². The van der Waals surface area contributed by atoms with Crippen molar-refractivity contribution in [2.45, 2.75) is 48.7 Å². The van der Waals surface area contributed by atoms with Gasteiger partial charge in [-0.15, -0.1) is 13.2 Å². The average Bonchev–Trinajstić information content (AvgIpc) is 2.83. The van der Waals surface area contributed by atoms with Crippen LogP contribution in [0.5, 0.6) is 17.2 Å². The van der Waals surface area contributed by atoms with E-state index in [-0.39, 0.29) is 4.90 Å². The van der Waals surface area contributed by atoms with Crippen molar-refractivity contribution in [3.05, 3.63) is 72.8 Å². The molecule has 1 unspecified atom stereocenters. The van der Waals surface area contributed by atoms with Gasteiger partial charge in [-0.2, -0.15) is 0 Å². The number of halogens is 3. The molecule has 11 heteroatoms. The zero-order valence-corrected chi connectivity index (χ0v) is 19.7. The Kier molecular flexibility index (Phi) is 6.31. The van der Waals surface area contributed by atoms with Gasteiger partial charge in [-0.1, -0.05) is 24.3 Å². The molecule has 3 aromatic rings. The fourth-order valence-electron chi connectivity index (χ4n) is 4.75. The number of anilines is 2. The lowest BCUT2D eigenvalue weighted by Gasteiger charge is -2.44. The van der Waals surface area contributed by atoms with Gasteiger partial charge in [-0.3, -0.25) is 0 Å². The second-order valence-corrected chi connectivity index (χ2v) is 10.4. The molecule has 3 aromatic carbocycles. The van der Waals surface area contributed by atoms with Crippen LogP contribution in [0.15, 0.2) is 77.7 Å². The molecule has 2 aliphatic rings. The van der Waals surface area contributed by atoms with Gasteiger partial charge in [0.05, 0.1) is 34.5 Å². The van der Waals surface area contributed by atoms with E-state index in [1.54, 1.807) is 0 Å². The molecular formula is C25H23F3N2O5S. The molecule has 36 heavy (non-hydrogen) atoms. The fraction of sp³-hybridized carbons (Fsp3) is 0.280. The molecule has 0 bridgehead atoms. The van der Waals surface area contributed by atoms with Gasteiger partial charge in [0.1, 0.15) is 5.75 Å². The Morgan fingerprint density at radius 1 is 0.917 bits per heavy atom. The summed E-state index contributed by atoms with van der Waals surface area (Å²) in [4.78, 5) is 1.76. The van der Waals surface area contributed by atoms with Crippen LogP contribution in [0.1, 0.15) is 19.3 Å². The summed E-state index contributed by atoms with van der Waals surface area (Å²) in [6.07, 6.45) is -4.28. The minimum Gasteiger partial charge on any atom is -0.453 e. The van der Waals surface area contributed by atoms with Gasteiger partial charge in [0.25, 0.3) is 0 Å². The Balaban J connectivity index is 1.39. The SMILES string of the molecule is O=S(=O)(N[C@@H]1CCCC(N2c3ccccc3Oc3ccccc32)[C@H]1O)c1ccc(OC(F)(F)F)cc1. The molecular weight excluding hydrogens is 497 g/mol. The molecule has 0 radical (unpaired) electrons. The van der Waals surface area contributed by atoms with E-state index >= 15 is 0 Å². The summed E-state index contributed by atoms with van der Waals surface area (Å²) in [5, 5.41) is 11.4. The van der Waals surface area contributed by atoms with Crippen molar-refractivity contribution >= 4 is 21.4 Å². The zero-order chi connectivity index (χ0) is 25.5. The van der Waals surface area contributed by atoms with E-state index in [1.165, 1.54) is 0 Å². The van der Waals surface area contributed by atoms with Crippen LogP contribution in [0.3, 0.4) is 0 Å². The molecule has 3 atom stereocenters. The smallest absolute Gasteiger partial charge is 0.453 e. The molecule has 1 saturated carbocycles. The summed E-state index contributed by atoms with van der Waals surface area (Å²) in [5.41, 5.74) is 1.54. The van der Waals surface area contributed by atoms with Crippen LogP contribution in [0.2, 0.25) is 0 Å². The molecule has 0 amide bonds. The van der Waals surface area contributed by atoms with E-state index < -0.39 is 40.3 Å². The van der Waals surface area contributed by atoms with Gasteiger partial charge >= 0.3 is 6.36 Å². The highest BCUT2D eigenvalue weighted by molar-refractivity contribution is 7.89. The number of ether oxygens (including phenoxy) is 2. The monoisotopic (exact) mass is 520 g/mol. The Hall–Kier alpha value is -3.28. The second kappa shape index (κ2) is 9.30. The third-order valence-corrected chi connectivity index (χ3v) is 7.80. The van der Waals surface area contributed by atoms with Gasteiger partial charge in [0.15, 0.2) is 11.5 Å². The zero-order valence-electron chi connectivity index (χ0n) is 18.9. The minimum atomic E-state index is -4.88. The highest BCUT2D eigenvalue weighted by atomic mass is 32.2. The largest absolute Gasteiger partial charge is 0.573 e. The number of nitrogens with one attached hydrogen (secondary N) is 1.